The molecule has 0 aromatic heterocycles. The van der Waals surface area contributed by atoms with Crippen LogP contribution < -0.4 is 15.5 Å². The molecule has 0 aliphatic carbocycles. The molecule has 3 N–H and O–H groups in total. The Balaban J connectivity index is 1.43. The number of halogens is 1. The Labute approximate surface area is 158 Å². The molecule has 5 nitrogen and oxygen atoms in total. The van der Waals surface area contributed by atoms with Crippen molar-refractivity contribution in [3.63, 3.8) is 0 Å². The second-order valence-electron chi connectivity index (χ2n) is 6.61. The Hall–Kier alpha value is -2.37. The minimum absolute atomic E-state index is 0.00921. The second kappa shape index (κ2) is 8.83. The first-order valence-electron chi connectivity index (χ1n) is 8.85. The summed E-state index contributed by atoms with van der Waals surface area (Å²) >= 11 is 5.93. The zero-order chi connectivity index (χ0) is 18.4. The lowest BCUT2D eigenvalue weighted by atomic mass is 9.96. The number of benzene rings is 2. The van der Waals surface area contributed by atoms with Crippen LogP contribution in [0.4, 0.5) is 11.4 Å². The molecule has 26 heavy (non-hydrogen) atoms. The Morgan fingerprint density at radius 1 is 0.962 bits per heavy atom. The molecule has 1 aliphatic rings. The maximum Gasteiger partial charge on any atom is 0.279 e. The van der Waals surface area contributed by atoms with E-state index >= 15 is 0 Å². The Morgan fingerprint density at radius 3 is 2.35 bits per heavy atom. The number of likely N-dealkylation sites (tertiary alicyclic amines) is 1. The third kappa shape index (κ3) is 5.31. The van der Waals surface area contributed by atoms with Crippen molar-refractivity contribution in [2.75, 3.05) is 30.3 Å². The Bertz CT molecular complexity index is 759. The standard InChI is InChI=1S/C20H22ClN3O2/c21-16-5-4-8-18(13-16)22-19(25)14-24-11-9-15(10-12-24)20(26)23-17-6-2-1-3-7-17/h1-8,13,15H,9-12,14H2,(H,22,25)(H,23,26)/p+1. The number of quaternary nitrogens is 1. The van der Waals surface area contributed by atoms with Gasteiger partial charge in [0.1, 0.15) is 0 Å². The van der Waals surface area contributed by atoms with Crippen LogP contribution in [0.5, 0.6) is 0 Å². The molecule has 2 aromatic rings. The van der Waals surface area contributed by atoms with E-state index in [-0.39, 0.29) is 17.7 Å². The number of para-hydroxylation sites is 1. The van der Waals surface area contributed by atoms with Crippen molar-refractivity contribution >= 4 is 34.8 Å². The van der Waals surface area contributed by atoms with Gasteiger partial charge in [-0.05, 0) is 30.3 Å². The number of carbonyl (C=O) groups is 2. The molecule has 3 rings (SSSR count). The molecule has 0 saturated carbocycles. The zero-order valence-corrected chi connectivity index (χ0v) is 15.3. The summed E-state index contributed by atoms with van der Waals surface area (Å²) in [5.41, 5.74) is 1.53. The van der Waals surface area contributed by atoms with Crippen molar-refractivity contribution in [2.24, 2.45) is 5.92 Å². The minimum Gasteiger partial charge on any atom is -0.327 e. The molecule has 0 spiro atoms. The number of hydrogen-bond acceptors (Lipinski definition) is 2. The molecule has 0 unspecified atom stereocenters. The molecule has 2 aromatic carbocycles. The predicted molar refractivity (Wildman–Crippen MR) is 103 cm³/mol. The van der Waals surface area contributed by atoms with Crippen molar-refractivity contribution in [3.05, 3.63) is 59.6 Å². The molecule has 1 fully saturated rings. The van der Waals surface area contributed by atoms with E-state index in [1.54, 1.807) is 12.1 Å². The lowest BCUT2D eigenvalue weighted by molar-refractivity contribution is -0.897. The van der Waals surface area contributed by atoms with Crippen LogP contribution in [-0.4, -0.2) is 31.4 Å². The third-order valence-corrected chi connectivity index (χ3v) is 4.86. The van der Waals surface area contributed by atoms with Gasteiger partial charge < -0.3 is 15.5 Å². The number of hydrogen-bond donors (Lipinski definition) is 3. The SMILES string of the molecule is O=C(C[NH+]1CCC(C(=O)Nc2ccccc2)CC1)Nc1cccc(Cl)c1. The average Bonchev–Trinajstić information content (AvgIpc) is 2.63. The summed E-state index contributed by atoms with van der Waals surface area (Å²) in [6, 6.07) is 16.6. The fraction of sp³-hybridized carbons (Fsp3) is 0.300. The van der Waals surface area contributed by atoms with Gasteiger partial charge in [0.15, 0.2) is 6.54 Å². The van der Waals surface area contributed by atoms with Crippen LogP contribution in [0.1, 0.15) is 12.8 Å². The highest BCUT2D eigenvalue weighted by atomic mass is 35.5. The number of anilines is 2. The van der Waals surface area contributed by atoms with Gasteiger partial charge in [-0.1, -0.05) is 35.9 Å². The zero-order valence-electron chi connectivity index (χ0n) is 14.5. The van der Waals surface area contributed by atoms with Crippen LogP contribution >= 0.6 is 11.6 Å². The van der Waals surface area contributed by atoms with E-state index in [9.17, 15) is 9.59 Å². The van der Waals surface area contributed by atoms with Gasteiger partial charge in [-0.25, -0.2) is 0 Å². The molecule has 0 bridgehead atoms. The van der Waals surface area contributed by atoms with Gasteiger partial charge in [0.25, 0.3) is 5.91 Å². The average molecular weight is 373 g/mol. The van der Waals surface area contributed by atoms with Gasteiger partial charge in [0.05, 0.1) is 13.1 Å². The van der Waals surface area contributed by atoms with Crippen LogP contribution in [0.15, 0.2) is 54.6 Å². The fourth-order valence-corrected chi connectivity index (χ4v) is 3.42. The topological polar surface area (TPSA) is 62.6 Å². The van der Waals surface area contributed by atoms with Crippen LogP contribution in [0.25, 0.3) is 0 Å². The number of rotatable bonds is 5. The maximum absolute atomic E-state index is 12.4. The molecule has 6 heteroatoms. The van der Waals surface area contributed by atoms with Gasteiger partial charge in [0, 0.05) is 35.2 Å². The smallest absolute Gasteiger partial charge is 0.279 e. The summed E-state index contributed by atoms with van der Waals surface area (Å²) in [7, 11) is 0. The van der Waals surface area contributed by atoms with Crippen LogP contribution in [0, 0.1) is 5.92 Å². The van der Waals surface area contributed by atoms with E-state index in [0.717, 1.165) is 31.6 Å². The molecule has 0 atom stereocenters. The highest BCUT2D eigenvalue weighted by Crippen LogP contribution is 2.15. The van der Waals surface area contributed by atoms with Crippen molar-refractivity contribution in [3.8, 4) is 0 Å². The lowest BCUT2D eigenvalue weighted by Crippen LogP contribution is -3.14. The van der Waals surface area contributed by atoms with E-state index < -0.39 is 0 Å². The minimum atomic E-state index is -0.0329. The molecule has 1 aliphatic heterocycles. The summed E-state index contributed by atoms with van der Waals surface area (Å²) in [6.07, 6.45) is 1.58. The summed E-state index contributed by atoms with van der Waals surface area (Å²) < 4.78 is 0. The Morgan fingerprint density at radius 2 is 1.65 bits per heavy atom. The predicted octanol–water partition coefficient (Wildman–Crippen LogP) is 2.21. The molecule has 2 amide bonds. The van der Waals surface area contributed by atoms with Crippen molar-refractivity contribution in [1.29, 1.82) is 0 Å². The van der Waals surface area contributed by atoms with Crippen molar-refractivity contribution in [2.45, 2.75) is 12.8 Å². The van der Waals surface area contributed by atoms with Gasteiger partial charge in [-0.3, -0.25) is 9.59 Å². The molecule has 1 saturated heterocycles. The fourth-order valence-electron chi connectivity index (χ4n) is 3.23. The first kappa shape index (κ1) is 18.4. The van der Waals surface area contributed by atoms with Crippen molar-refractivity contribution < 1.29 is 14.5 Å². The summed E-state index contributed by atoms with van der Waals surface area (Å²) in [4.78, 5) is 25.8. The van der Waals surface area contributed by atoms with E-state index in [0.29, 0.717) is 17.3 Å². The lowest BCUT2D eigenvalue weighted by Gasteiger charge is -2.28. The van der Waals surface area contributed by atoms with E-state index in [2.05, 4.69) is 10.6 Å². The monoisotopic (exact) mass is 372 g/mol. The Kier molecular flexibility index (Phi) is 6.26. The van der Waals surface area contributed by atoms with Crippen LogP contribution in [0.3, 0.4) is 0 Å². The molecule has 0 radical (unpaired) electrons. The number of amides is 2. The highest BCUT2D eigenvalue weighted by Gasteiger charge is 2.28. The molecule has 1 heterocycles. The molecular formula is C20H23ClN3O2+. The number of nitrogens with one attached hydrogen (secondary N) is 3. The quantitative estimate of drug-likeness (QED) is 0.753. The van der Waals surface area contributed by atoms with Gasteiger partial charge in [0.2, 0.25) is 5.91 Å². The summed E-state index contributed by atoms with van der Waals surface area (Å²) in [5, 5.41) is 6.44. The largest absolute Gasteiger partial charge is 0.327 e. The van der Waals surface area contributed by atoms with E-state index in [1.165, 1.54) is 4.90 Å². The molecular weight excluding hydrogens is 350 g/mol. The third-order valence-electron chi connectivity index (χ3n) is 4.62. The van der Waals surface area contributed by atoms with Gasteiger partial charge in [-0.2, -0.15) is 0 Å². The van der Waals surface area contributed by atoms with Crippen molar-refractivity contribution in [1.82, 2.24) is 0 Å². The number of carbonyl (C=O) groups excluding carboxylic acids is 2. The maximum atomic E-state index is 12.4. The van der Waals surface area contributed by atoms with E-state index in [4.69, 9.17) is 11.6 Å². The normalized spacial score (nSPS) is 19.6. The summed E-state index contributed by atoms with van der Waals surface area (Å²) in [6.45, 7) is 2.03. The number of piperidine rings is 1. The highest BCUT2D eigenvalue weighted by molar-refractivity contribution is 6.30. The first-order valence-corrected chi connectivity index (χ1v) is 9.23. The van der Waals surface area contributed by atoms with E-state index in [1.807, 2.05) is 42.5 Å². The van der Waals surface area contributed by atoms with Gasteiger partial charge in [-0.15, -0.1) is 0 Å². The van der Waals surface area contributed by atoms with Crippen LogP contribution in [0.2, 0.25) is 5.02 Å². The molecule has 136 valence electrons. The van der Waals surface area contributed by atoms with Gasteiger partial charge >= 0.3 is 0 Å². The summed E-state index contributed by atoms with van der Waals surface area (Å²) in [5.74, 6) is 0.0445. The second-order valence-corrected chi connectivity index (χ2v) is 7.05. The van der Waals surface area contributed by atoms with Crippen LogP contribution in [-0.2, 0) is 9.59 Å². The first-order chi connectivity index (χ1) is 12.6.